The van der Waals surface area contributed by atoms with Gasteiger partial charge in [0.25, 0.3) is 0 Å². The summed E-state index contributed by atoms with van der Waals surface area (Å²) in [5.74, 6) is 0.224. The number of sulfonamides is 1. The molecule has 0 unspecified atom stereocenters. The summed E-state index contributed by atoms with van der Waals surface area (Å²) in [6.45, 7) is 0.115. The molecular formula is C10H20N2O3S. The highest BCUT2D eigenvalue weighted by Gasteiger charge is 2.16. The molecule has 5 nitrogen and oxygen atoms in total. The second kappa shape index (κ2) is 6.20. The van der Waals surface area contributed by atoms with E-state index >= 15 is 0 Å². The van der Waals surface area contributed by atoms with Crippen molar-refractivity contribution in [1.82, 2.24) is 5.32 Å². The van der Waals surface area contributed by atoms with Gasteiger partial charge >= 0.3 is 0 Å². The van der Waals surface area contributed by atoms with Crippen LogP contribution in [0.2, 0.25) is 0 Å². The molecule has 1 saturated carbocycles. The first-order valence-electron chi connectivity index (χ1n) is 5.74. The van der Waals surface area contributed by atoms with Gasteiger partial charge in [-0.2, -0.15) is 0 Å². The second-order valence-electron chi connectivity index (χ2n) is 4.43. The molecule has 0 saturated heterocycles. The summed E-state index contributed by atoms with van der Waals surface area (Å²) in [7, 11) is -3.47. The Labute approximate surface area is 96.8 Å². The van der Waals surface area contributed by atoms with E-state index < -0.39 is 10.0 Å². The molecule has 6 heteroatoms. The molecule has 0 heterocycles. The Morgan fingerprint density at radius 3 is 2.44 bits per heavy atom. The van der Waals surface area contributed by atoms with Crippen LogP contribution >= 0.6 is 0 Å². The van der Waals surface area contributed by atoms with Crippen LogP contribution in [0.4, 0.5) is 0 Å². The fraction of sp³-hybridized carbons (Fsp3) is 0.900. The highest BCUT2D eigenvalue weighted by Crippen LogP contribution is 2.25. The predicted molar refractivity (Wildman–Crippen MR) is 62.2 cm³/mol. The van der Waals surface area contributed by atoms with E-state index in [-0.39, 0.29) is 18.2 Å². The second-order valence-corrected chi connectivity index (χ2v) is 6.16. The lowest BCUT2D eigenvalue weighted by atomic mass is 9.87. The summed E-state index contributed by atoms with van der Waals surface area (Å²) in [6.07, 6.45) is 6.42. The van der Waals surface area contributed by atoms with Crippen LogP contribution in [0.3, 0.4) is 0 Å². The van der Waals surface area contributed by atoms with Gasteiger partial charge < -0.3 is 5.32 Å². The molecule has 0 aromatic carbocycles. The smallest absolute Gasteiger partial charge is 0.220 e. The van der Waals surface area contributed by atoms with E-state index in [4.69, 9.17) is 5.14 Å². The van der Waals surface area contributed by atoms with E-state index in [1.165, 1.54) is 19.3 Å². The van der Waals surface area contributed by atoms with E-state index in [0.29, 0.717) is 12.3 Å². The zero-order chi connectivity index (χ0) is 12.0. The van der Waals surface area contributed by atoms with Crippen molar-refractivity contribution in [2.24, 2.45) is 11.1 Å². The van der Waals surface area contributed by atoms with E-state index in [2.05, 4.69) is 5.32 Å². The number of nitrogens with one attached hydrogen (secondary N) is 1. The molecule has 0 atom stereocenters. The normalized spacial score (nSPS) is 18.3. The average Bonchev–Trinajstić information content (AvgIpc) is 2.17. The summed E-state index contributed by atoms with van der Waals surface area (Å²) in [6, 6.07) is 0. The average molecular weight is 248 g/mol. The van der Waals surface area contributed by atoms with Crippen molar-refractivity contribution in [3.05, 3.63) is 0 Å². The van der Waals surface area contributed by atoms with Crippen LogP contribution in [0.5, 0.6) is 0 Å². The third-order valence-electron chi connectivity index (χ3n) is 2.91. The molecule has 94 valence electrons. The van der Waals surface area contributed by atoms with Gasteiger partial charge in [-0.05, 0) is 18.8 Å². The van der Waals surface area contributed by atoms with Gasteiger partial charge in [0.2, 0.25) is 15.9 Å². The largest absolute Gasteiger partial charge is 0.355 e. The monoisotopic (exact) mass is 248 g/mol. The summed E-state index contributed by atoms with van der Waals surface area (Å²) in [5, 5.41) is 7.42. The Morgan fingerprint density at radius 1 is 1.25 bits per heavy atom. The Hall–Kier alpha value is -0.620. The van der Waals surface area contributed by atoms with Crippen molar-refractivity contribution in [2.45, 2.75) is 38.5 Å². The van der Waals surface area contributed by atoms with Gasteiger partial charge in [0.1, 0.15) is 0 Å². The molecule has 0 bridgehead atoms. The van der Waals surface area contributed by atoms with Crippen molar-refractivity contribution < 1.29 is 13.2 Å². The summed E-state index contributed by atoms with van der Waals surface area (Å²) < 4.78 is 21.3. The zero-order valence-electron chi connectivity index (χ0n) is 9.44. The molecule has 0 spiro atoms. The van der Waals surface area contributed by atoms with Gasteiger partial charge in [-0.15, -0.1) is 0 Å². The molecule has 0 aromatic heterocycles. The molecule has 16 heavy (non-hydrogen) atoms. The van der Waals surface area contributed by atoms with Crippen molar-refractivity contribution in [3.63, 3.8) is 0 Å². The fourth-order valence-electron chi connectivity index (χ4n) is 2.06. The quantitative estimate of drug-likeness (QED) is 0.736. The molecule has 0 aromatic rings. The number of hydrogen-bond acceptors (Lipinski definition) is 3. The minimum absolute atomic E-state index is 0.0597. The topological polar surface area (TPSA) is 89.3 Å². The molecule has 0 aliphatic heterocycles. The highest BCUT2D eigenvalue weighted by molar-refractivity contribution is 7.89. The van der Waals surface area contributed by atoms with Crippen LogP contribution in [0, 0.1) is 5.92 Å². The number of carbonyl (C=O) groups is 1. The zero-order valence-corrected chi connectivity index (χ0v) is 10.3. The first-order chi connectivity index (χ1) is 7.47. The van der Waals surface area contributed by atoms with Gasteiger partial charge in [0, 0.05) is 13.0 Å². The molecular weight excluding hydrogens is 228 g/mol. The minimum atomic E-state index is -3.47. The van der Waals surface area contributed by atoms with Gasteiger partial charge in [0.15, 0.2) is 0 Å². The molecule has 1 fully saturated rings. The fourth-order valence-corrected chi connectivity index (χ4v) is 2.44. The van der Waals surface area contributed by atoms with Crippen molar-refractivity contribution >= 4 is 15.9 Å². The highest BCUT2D eigenvalue weighted by atomic mass is 32.2. The molecule has 1 rings (SSSR count). The van der Waals surface area contributed by atoms with Crippen LogP contribution in [-0.4, -0.2) is 26.6 Å². The van der Waals surface area contributed by atoms with Gasteiger partial charge in [-0.25, -0.2) is 13.6 Å². The molecule has 1 aliphatic rings. The Bertz CT molecular complexity index is 321. The summed E-state index contributed by atoms with van der Waals surface area (Å²) in [5.41, 5.74) is 0. The maximum Gasteiger partial charge on any atom is 0.220 e. The van der Waals surface area contributed by atoms with Crippen LogP contribution < -0.4 is 10.5 Å². The van der Waals surface area contributed by atoms with Gasteiger partial charge in [-0.3, -0.25) is 4.79 Å². The number of rotatable bonds is 5. The van der Waals surface area contributed by atoms with E-state index in [0.717, 1.165) is 12.8 Å². The molecule has 3 N–H and O–H groups in total. The standard InChI is InChI=1S/C10H20N2O3S/c11-16(14,15)7-6-12-10(13)8-9-4-2-1-3-5-9/h9H,1-8H2,(H,12,13)(H2,11,14,15). The lowest BCUT2D eigenvalue weighted by Gasteiger charge is -2.20. The lowest BCUT2D eigenvalue weighted by Crippen LogP contribution is -2.32. The van der Waals surface area contributed by atoms with Crippen LogP contribution in [-0.2, 0) is 14.8 Å². The Kier molecular flexibility index (Phi) is 5.21. The Balaban J connectivity index is 2.15. The number of amides is 1. The molecule has 0 radical (unpaired) electrons. The number of hydrogen-bond donors (Lipinski definition) is 2. The van der Waals surface area contributed by atoms with Crippen molar-refractivity contribution in [2.75, 3.05) is 12.3 Å². The number of carbonyl (C=O) groups excluding carboxylic acids is 1. The first kappa shape index (κ1) is 13.4. The van der Waals surface area contributed by atoms with E-state index in [1.54, 1.807) is 0 Å². The minimum Gasteiger partial charge on any atom is -0.355 e. The third-order valence-corrected chi connectivity index (χ3v) is 3.68. The SMILES string of the molecule is NS(=O)(=O)CCNC(=O)CC1CCCCC1. The summed E-state index contributed by atoms with van der Waals surface area (Å²) >= 11 is 0. The lowest BCUT2D eigenvalue weighted by molar-refractivity contribution is -0.122. The summed E-state index contributed by atoms with van der Waals surface area (Å²) in [4.78, 5) is 11.5. The van der Waals surface area contributed by atoms with Crippen molar-refractivity contribution in [1.29, 1.82) is 0 Å². The number of primary sulfonamides is 1. The van der Waals surface area contributed by atoms with Gasteiger partial charge in [0.05, 0.1) is 5.75 Å². The van der Waals surface area contributed by atoms with Crippen LogP contribution in [0.25, 0.3) is 0 Å². The number of nitrogens with two attached hydrogens (primary N) is 1. The molecule has 1 amide bonds. The first-order valence-corrected chi connectivity index (χ1v) is 7.46. The van der Waals surface area contributed by atoms with Gasteiger partial charge in [-0.1, -0.05) is 19.3 Å². The van der Waals surface area contributed by atoms with E-state index in [1.807, 2.05) is 0 Å². The van der Waals surface area contributed by atoms with Crippen molar-refractivity contribution in [3.8, 4) is 0 Å². The maximum atomic E-state index is 11.5. The maximum absolute atomic E-state index is 11.5. The Morgan fingerprint density at radius 2 is 1.88 bits per heavy atom. The van der Waals surface area contributed by atoms with Crippen LogP contribution in [0.1, 0.15) is 38.5 Å². The predicted octanol–water partition coefficient (Wildman–Crippen LogP) is 0.361. The third kappa shape index (κ3) is 6.07. The van der Waals surface area contributed by atoms with E-state index in [9.17, 15) is 13.2 Å². The van der Waals surface area contributed by atoms with Crippen LogP contribution in [0.15, 0.2) is 0 Å². The molecule has 1 aliphatic carbocycles.